The molecule has 1 aromatic rings. The topological polar surface area (TPSA) is 35.5 Å². The van der Waals surface area contributed by atoms with Crippen molar-refractivity contribution in [3.8, 4) is 0 Å². The van der Waals surface area contributed by atoms with Crippen molar-refractivity contribution >= 4 is 12.0 Å². The van der Waals surface area contributed by atoms with Crippen LogP contribution in [0.3, 0.4) is 0 Å². The van der Waals surface area contributed by atoms with Crippen molar-refractivity contribution in [1.82, 2.24) is 0 Å². The maximum atomic E-state index is 13.5. The van der Waals surface area contributed by atoms with E-state index in [1.165, 1.54) is 18.2 Å². The first-order chi connectivity index (χ1) is 11.0. The van der Waals surface area contributed by atoms with Gasteiger partial charge in [-0.05, 0) is 49.1 Å². The first kappa shape index (κ1) is 19.4. The van der Waals surface area contributed by atoms with Crippen LogP contribution in [0.15, 0.2) is 24.3 Å². The predicted molar refractivity (Wildman–Crippen MR) is 90.5 cm³/mol. The zero-order valence-corrected chi connectivity index (χ0v) is 14.5. The smallest absolute Gasteiger partial charge is 0.330 e. The van der Waals surface area contributed by atoms with Crippen molar-refractivity contribution in [1.29, 1.82) is 0 Å². The third-order valence-electron chi connectivity index (χ3n) is 3.91. The van der Waals surface area contributed by atoms with Crippen molar-refractivity contribution in [3.05, 3.63) is 41.2 Å². The summed E-state index contributed by atoms with van der Waals surface area (Å²) in [4.78, 5) is 11.4. The second-order valence-electron chi connectivity index (χ2n) is 5.52. The second kappa shape index (κ2) is 10.2. The van der Waals surface area contributed by atoms with Crippen LogP contribution in [0.4, 0.5) is 4.39 Å². The molecule has 128 valence electrons. The SMILES string of the molecule is CCOC(=O)/C=C/c1cc(F)ccc1[C@@H](C)OCC(CC)CC. The highest BCUT2D eigenvalue weighted by molar-refractivity contribution is 5.87. The summed E-state index contributed by atoms with van der Waals surface area (Å²) in [7, 11) is 0. The number of ether oxygens (including phenoxy) is 2. The van der Waals surface area contributed by atoms with Gasteiger partial charge in [-0.2, -0.15) is 0 Å². The lowest BCUT2D eigenvalue weighted by Crippen LogP contribution is -2.11. The van der Waals surface area contributed by atoms with Gasteiger partial charge in [-0.25, -0.2) is 9.18 Å². The molecule has 0 aliphatic rings. The number of esters is 1. The third-order valence-corrected chi connectivity index (χ3v) is 3.91. The fraction of sp³-hybridized carbons (Fsp3) is 0.526. The first-order valence-electron chi connectivity index (χ1n) is 8.27. The highest BCUT2D eigenvalue weighted by Crippen LogP contribution is 2.25. The number of hydrogen-bond acceptors (Lipinski definition) is 3. The molecule has 0 aliphatic heterocycles. The molecule has 1 rings (SSSR count). The Morgan fingerprint density at radius 3 is 2.57 bits per heavy atom. The zero-order valence-electron chi connectivity index (χ0n) is 14.5. The highest BCUT2D eigenvalue weighted by atomic mass is 19.1. The van der Waals surface area contributed by atoms with Crippen molar-refractivity contribution in [3.63, 3.8) is 0 Å². The molecule has 0 bridgehead atoms. The molecule has 1 aromatic carbocycles. The Balaban J connectivity index is 2.86. The summed E-state index contributed by atoms with van der Waals surface area (Å²) in [5, 5.41) is 0. The fourth-order valence-corrected chi connectivity index (χ4v) is 2.30. The Labute approximate surface area is 138 Å². The van der Waals surface area contributed by atoms with Crippen LogP contribution in [-0.4, -0.2) is 19.2 Å². The van der Waals surface area contributed by atoms with E-state index in [1.807, 2.05) is 6.92 Å². The lowest BCUT2D eigenvalue weighted by atomic mass is 10.0. The Hall–Kier alpha value is -1.68. The molecule has 0 amide bonds. The van der Waals surface area contributed by atoms with Crippen LogP contribution in [0, 0.1) is 11.7 Å². The van der Waals surface area contributed by atoms with E-state index in [4.69, 9.17) is 9.47 Å². The minimum absolute atomic E-state index is 0.168. The standard InChI is InChI=1S/C19H27FO3/c1-5-15(6-2)13-23-14(4)18-10-9-17(20)12-16(18)8-11-19(21)22-7-3/h8-12,14-15H,5-7,13H2,1-4H3/b11-8+/t14-/m1/s1. The van der Waals surface area contributed by atoms with E-state index < -0.39 is 5.97 Å². The number of halogens is 1. The summed E-state index contributed by atoms with van der Waals surface area (Å²) in [6.07, 6.45) is 4.87. The summed E-state index contributed by atoms with van der Waals surface area (Å²) in [5.74, 6) is -0.255. The van der Waals surface area contributed by atoms with E-state index in [0.29, 0.717) is 24.7 Å². The molecule has 1 atom stereocenters. The average molecular weight is 322 g/mol. The lowest BCUT2D eigenvalue weighted by molar-refractivity contribution is -0.137. The molecule has 0 aliphatic carbocycles. The largest absolute Gasteiger partial charge is 0.463 e. The molecular weight excluding hydrogens is 295 g/mol. The molecule has 0 unspecified atom stereocenters. The van der Waals surface area contributed by atoms with Gasteiger partial charge in [0.2, 0.25) is 0 Å². The Bertz CT molecular complexity index is 521. The van der Waals surface area contributed by atoms with Crippen molar-refractivity contribution in [2.45, 2.75) is 46.6 Å². The Morgan fingerprint density at radius 1 is 1.26 bits per heavy atom. The van der Waals surface area contributed by atoms with Gasteiger partial charge in [0.25, 0.3) is 0 Å². The van der Waals surface area contributed by atoms with E-state index in [9.17, 15) is 9.18 Å². The minimum Gasteiger partial charge on any atom is -0.463 e. The van der Waals surface area contributed by atoms with Crippen molar-refractivity contribution in [2.75, 3.05) is 13.2 Å². The molecule has 0 aromatic heterocycles. The molecule has 23 heavy (non-hydrogen) atoms. The van der Waals surface area contributed by atoms with Crippen LogP contribution in [0.25, 0.3) is 6.08 Å². The molecule has 0 saturated heterocycles. The summed E-state index contributed by atoms with van der Waals surface area (Å²) in [6.45, 7) is 8.96. The van der Waals surface area contributed by atoms with Crippen LogP contribution < -0.4 is 0 Å². The van der Waals surface area contributed by atoms with E-state index in [1.54, 1.807) is 19.1 Å². The molecule has 0 N–H and O–H groups in total. The minimum atomic E-state index is -0.437. The molecule has 0 fully saturated rings. The first-order valence-corrected chi connectivity index (χ1v) is 8.27. The van der Waals surface area contributed by atoms with Gasteiger partial charge in [0.1, 0.15) is 5.82 Å². The molecule has 0 heterocycles. The van der Waals surface area contributed by atoms with E-state index in [2.05, 4.69) is 13.8 Å². The summed E-state index contributed by atoms with van der Waals surface area (Å²) in [6, 6.07) is 4.52. The zero-order chi connectivity index (χ0) is 17.2. The second-order valence-corrected chi connectivity index (χ2v) is 5.52. The van der Waals surface area contributed by atoms with Crippen LogP contribution in [0.5, 0.6) is 0 Å². The average Bonchev–Trinajstić information content (AvgIpc) is 2.54. The van der Waals surface area contributed by atoms with Crippen LogP contribution in [-0.2, 0) is 14.3 Å². The Kier molecular flexibility index (Phi) is 8.56. The number of carbonyl (C=O) groups is 1. The molecule has 0 saturated carbocycles. The lowest BCUT2D eigenvalue weighted by Gasteiger charge is -2.19. The third kappa shape index (κ3) is 6.53. The monoisotopic (exact) mass is 322 g/mol. The van der Waals surface area contributed by atoms with Gasteiger partial charge in [-0.3, -0.25) is 0 Å². The number of hydrogen-bond donors (Lipinski definition) is 0. The molecule has 4 heteroatoms. The molecule has 0 spiro atoms. The van der Waals surface area contributed by atoms with E-state index >= 15 is 0 Å². The van der Waals surface area contributed by atoms with Crippen molar-refractivity contribution in [2.24, 2.45) is 5.92 Å². The fourth-order valence-electron chi connectivity index (χ4n) is 2.30. The van der Waals surface area contributed by atoms with Gasteiger partial charge in [-0.1, -0.05) is 32.8 Å². The summed E-state index contributed by atoms with van der Waals surface area (Å²) in [5.41, 5.74) is 1.49. The maximum absolute atomic E-state index is 13.5. The Morgan fingerprint density at radius 2 is 1.96 bits per heavy atom. The van der Waals surface area contributed by atoms with Crippen LogP contribution in [0.1, 0.15) is 57.8 Å². The quantitative estimate of drug-likeness (QED) is 0.478. The maximum Gasteiger partial charge on any atom is 0.330 e. The molecule has 3 nitrogen and oxygen atoms in total. The molecule has 0 radical (unpaired) electrons. The van der Waals surface area contributed by atoms with Gasteiger partial charge in [0, 0.05) is 6.08 Å². The van der Waals surface area contributed by atoms with Crippen LogP contribution in [0.2, 0.25) is 0 Å². The number of benzene rings is 1. The predicted octanol–water partition coefficient (Wildman–Crippen LogP) is 4.92. The van der Waals surface area contributed by atoms with Gasteiger partial charge in [-0.15, -0.1) is 0 Å². The number of rotatable bonds is 9. The highest BCUT2D eigenvalue weighted by Gasteiger charge is 2.13. The number of carbonyl (C=O) groups excluding carboxylic acids is 1. The van der Waals surface area contributed by atoms with Gasteiger partial charge < -0.3 is 9.47 Å². The van der Waals surface area contributed by atoms with E-state index in [-0.39, 0.29) is 11.9 Å². The summed E-state index contributed by atoms with van der Waals surface area (Å²) < 4.78 is 24.3. The van der Waals surface area contributed by atoms with Gasteiger partial charge in [0.15, 0.2) is 0 Å². The van der Waals surface area contributed by atoms with Gasteiger partial charge in [0.05, 0.1) is 19.3 Å². The van der Waals surface area contributed by atoms with Gasteiger partial charge >= 0.3 is 5.97 Å². The summed E-state index contributed by atoms with van der Waals surface area (Å²) >= 11 is 0. The van der Waals surface area contributed by atoms with Crippen molar-refractivity contribution < 1.29 is 18.7 Å². The van der Waals surface area contributed by atoms with E-state index in [0.717, 1.165) is 18.4 Å². The van der Waals surface area contributed by atoms with Crippen LogP contribution >= 0.6 is 0 Å². The normalized spacial score (nSPS) is 12.8. The molecular formula is C19H27FO3.